The molecular formula is C24H25ClN3NaO5. The number of halogens is 1. The average Bonchev–Trinajstić information content (AvgIpc) is 2.76. The maximum absolute atomic E-state index is 12.6. The van der Waals surface area contributed by atoms with Crippen LogP contribution >= 0.6 is 11.6 Å². The molecule has 2 aromatic carbocycles. The molecule has 1 atom stereocenters. The zero-order chi connectivity index (χ0) is 24.1. The van der Waals surface area contributed by atoms with Crippen molar-refractivity contribution in [1.82, 2.24) is 9.88 Å². The molecule has 0 spiro atoms. The zero-order valence-corrected chi connectivity index (χ0v) is 18.9. The second-order valence-electron chi connectivity index (χ2n) is 7.75. The van der Waals surface area contributed by atoms with Gasteiger partial charge in [-0.05, 0) is 42.2 Å². The molecule has 0 aliphatic carbocycles. The second-order valence-corrected chi connectivity index (χ2v) is 8.19. The fourth-order valence-corrected chi connectivity index (χ4v) is 3.62. The van der Waals surface area contributed by atoms with E-state index in [0.29, 0.717) is 22.6 Å². The summed E-state index contributed by atoms with van der Waals surface area (Å²) in [7, 11) is 1.50. The van der Waals surface area contributed by atoms with E-state index in [-0.39, 0.29) is 47.4 Å². The molecule has 8 nitrogen and oxygen atoms in total. The summed E-state index contributed by atoms with van der Waals surface area (Å²) < 4.78 is 1.24. The third-order valence-electron chi connectivity index (χ3n) is 5.13. The Balaban J connectivity index is 0.00000408. The monoisotopic (exact) mass is 493 g/mol. The van der Waals surface area contributed by atoms with Crippen molar-refractivity contribution in [2.45, 2.75) is 25.8 Å². The van der Waals surface area contributed by atoms with Crippen LogP contribution < -0.4 is 16.2 Å². The Morgan fingerprint density at radius 1 is 1.12 bits per heavy atom. The van der Waals surface area contributed by atoms with Crippen LogP contribution in [0, 0.1) is 6.92 Å². The van der Waals surface area contributed by atoms with Gasteiger partial charge < -0.3 is 25.4 Å². The van der Waals surface area contributed by atoms with Crippen LogP contribution in [0.15, 0.2) is 59.5 Å². The average molecular weight is 494 g/mol. The maximum atomic E-state index is 12.6. The molecular weight excluding hydrogens is 469 g/mol. The van der Waals surface area contributed by atoms with Crippen LogP contribution in [0.3, 0.4) is 0 Å². The number of amides is 2. The summed E-state index contributed by atoms with van der Waals surface area (Å²) in [4.78, 5) is 36.4. The number of nitrogens with zero attached hydrogens (tertiary/aromatic N) is 1. The van der Waals surface area contributed by atoms with Crippen LogP contribution in [0.1, 0.15) is 34.7 Å². The summed E-state index contributed by atoms with van der Waals surface area (Å²) >= 11 is 5.93. The second kappa shape index (κ2) is 12.1. The number of rotatable bonds is 7. The van der Waals surface area contributed by atoms with Gasteiger partial charge in [-0.15, -0.1) is 0 Å². The van der Waals surface area contributed by atoms with Gasteiger partial charge in [-0.25, -0.2) is 4.79 Å². The Morgan fingerprint density at radius 3 is 2.44 bits per heavy atom. The number of carbonyl (C=O) groups excluding carboxylic acids is 1. The molecule has 0 saturated carbocycles. The Labute approximate surface area is 223 Å². The van der Waals surface area contributed by atoms with Gasteiger partial charge in [-0.3, -0.25) is 9.59 Å². The Hall–Kier alpha value is -2.78. The first kappa shape index (κ1) is 27.5. The van der Waals surface area contributed by atoms with Gasteiger partial charge in [0.05, 0.1) is 12.5 Å². The summed E-state index contributed by atoms with van der Waals surface area (Å²) in [5.41, 5.74) is 2.10. The summed E-state index contributed by atoms with van der Waals surface area (Å²) in [6.07, 6.45) is 1.68. The van der Waals surface area contributed by atoms with Crippen LogP contribution in [0.25, 0.3) is 0 Å². The number of aromatic hydroxyl groups is 1. The summed E-state index contributed by atoms with van der Waals surface area (Å²) in [5.74, 6) is -1.44. The first-order valence-electron chi connectivity index (χ1n) is 10.2. The van der Waals surface area contributed by atoms with Crippen molar-refractivity contribution in [2.24, 2.45) is 7.05 Å². The molecule has 174 valence electrons. The number of carbonyl (C=O) groups is 2. The number of aliphatic carboxylic acids is 1. The van der Waals surface area contributed by atoms with Gasteiger partial charge in [-0.2, -0.15) is 0 Å². The van der Waals surface area contributed by atoms with E-state index in [1.165, 1.54) is 17.8 Å². The fraction of sp³-hybridized carbons (Fsp3) is 0.208. The molecule has 10 heteroatoms. The van der Waals surface area contributed by atoms with Gasteiger partial charge in [0, 0.05) is 23.8 Å². The van der Waals surface area contributed by atoms with E-state index in [1.807, 2.05) is 24.3 Å². The Kier molecular flexibility index (Phi) is 9.76. The first-order chi connectivity index (χ1) is 15.6. The van der Waals surface area contributed by atoms with Gasteiger partial charge in [0.15, 0.2) is 5.69 Å². The molecule has 0 bridgehead atoms. The van der Waals surface area contributed by atoms with Crippen molar-refractivity contribution in [1.29, 1.82) is 0 Å². The first-order valence-corrected chi connectivity index (χ1v) is 10.5. The summed E-state index contributed by atoms with van der Waals surface area (Å²) in [6, 6.07) is 13.0. The minimum absolute atomic E-state index is 0. The molecule has 34 heavy (non-hydrogen) atoms. The molecule has 0 radical (unpaired) electrons. The van der Waals surface area contributed by atoms with Gasteiger partial charge in [0.1, 0.15) is 5.75 Å². The van der Waals surface area contributed by atoms with Gasteiger partial charge >= 0.3 is 41.6 Å². The van der Waals surface area contributed by atoms with E-state index in [4.69, 9.17) is 11.6 Å². The number of benzene rings is 2. The molecule has 1 unspecified atom stereocenters. The predicted octanol–water partition coefficient (Wildman–Crippen LogP) is 3.33. The number of hydrogen-bond donors (Lipinski definition) is 4. The number of aryl methyl sites for hydroxylation is 2. The number of carboxylic acids is 1. The van der Waals surface area contributed by atoms with E-state index in [2.05, 4.69) is 10.6 Å². The molecule has 1 aromatic heterocycles. The van der Waals surface area contributed by atoms with Crippen LogP contribution in [0.5, 0.6) is 5.75 Å². The number of aromatic nitrogens is 1. The van der Waals surface area contributed by atoms with Crippen LogP contribution in [0.4, 0.5) is 10.5 Å². The van der Waals surface area contributed by atoms with E-state index >= 15 is 0 Å². The van der Waals surface area contributed by atoms with Crippen LogP contribution in [0.2, 0.25) is 5.02 Å². The fourth-order valence-electron chi connectivity index (χ4n) is 3.49. The normalized spacial score (nSPS) is 11.3. The minimum atomic E-state index is -1.10. The summed E-state index contributed by atoms with van der Waals surface area (Å²) in [5, 5.41) is 25.1. The Morgan fingerprint density at radius 2 is 1.79 bits per heavy atom. The summed E-state index contributed by atoms with van der Waals surface area (Å²) in [6.45, 7) is 1.59. The van der Waals surface area contributed by atoms with Crippen molar-refractivity contribution in [2.75, 3.05) is 5.32 Å². The van der Waals surface area contributed by atoms with E-state index in [9.17, 15) is 24.6 Å². The van der Waals surface area contributed by atoms with E-state index in [0.717, 1.165) is 11.1 Å². The molecule has 0 saturated heterocycles. The molecule has 1 heterocycles. The number of anilines is 1. The molecule has 3 aromatic rings. The predicted molar refractivity (Wildman–Crippen MR) is 133 cm³/mol. The molecule has 2 amide bonds. The number of pyridine rings is 1. The number of carboxylic acid groups (broad SMARTS) is 1. The van der Waals surface area contributed by atoms with Crippen molar-refractivity contribution in [3.05, 3.63) is 92.4 Å². The zero-order valence-electron chi connectivity index (χ0n) is 18.1. The number of hydrogen-bond acceptors (Lipinski definition) is 4. The van der Waals surface area contributed by atoms with Crippen molar-refractivity contribution < 1.29 is 19.8 Å². The number of urea groups is 1. The quantitative estimate of drug-likeness (QED) is 0.376. The SMILES string of the molecule is Cc1cn(C)c(=O)c(NC(=O)NC(CC(=O)O)c2cccc(Cc3ccc(Cl)cc3)c2)c1O.[NaH]. The van der Waals surface area contributed by atoms with E-state index in [1.54, 1.807) is 31.2 Å². The van der Waals surface area contributed by atoms with Crippen molar-refractivity contribution >= 4 is 58.8 Å². The number of nitrogens with one attached hydrogen (secondary N) is 2. The Bertz CT molecular complexity index is 1240. The van der Waals surface area contributed by atoms with E-state index < -0.39 is 23.6 Å². The molecule has 3 rings (SSSR count). The molecule has 0 fully saturated rings. The van der Waals surface area contributed by atoms with Crippen molar-refractivity contribution in [3.63, 3.8) is 0 Å². The van der Waals surface area contributed by atoms with Gasteiger partial charge in [-0.1, -0.05) is 48.0 Å². The van der Waals surface area contributed by atoms with Crippen molar-refractivity contribution in [3.8, 4) is 5.75 Å². The van der Waals surface area contributed by atoms with Gasteiger partial charge in [0.25, 0.3) is 5.56 Å². The molecule has 0 aliphatic heterocycles. The van der Waals surface area contributed by atoms with Crippen LogP contribution in [-0.2, 0) is 18.3 Å². The standard InChI is InChI=1S/C24H24ClN3O5.Na.H/c1-14-13-28(2)23(32)21(22(14)31)27-24(33)26-19(12-20(29)30)17-5-3-4-16(11-17)10-15-6-8-18(25)9-7-15;;/h3-9,11,13,19,31H,10,12H2,1-2H3,(H,29,30)(H2,26,27,33);;. The molecule has 4 N–H and O–H groups in total. The third-order valence-corrected chi connectivity index (χ3v) is 5.38. The third kappa shape index (κ3) is 7.11. The van der Waals surface area contributed by atoms with Crippen LogP contribution in [-0.4, -0.2) is 56.3 Å². The molecule has 0 aliphatic rings. The topological polar surface area (TPSA) is 121 Å². The van der Waals surface area contributed by atoms with Gasteiger partial charge in [0.2, 0.25) is 0 Å².